The second-order valence-electron chi connectivity index (χ2n) is 4.14. The number of carbonyl (C=O) groups excluding carboxylic acids is 1. The van der Waals surface area contributed by atoms with Crippen LogP contribution in [0.5, 0.6) is 0 Å². The van der Waals surface area contributed by atoms with Crippen molar-refractivity contribution in [3.63, 3.8) is 0 Å². The van der Waals surface area contributed by atoms with Crippen LogP contribution in [-0.2, 0) is 10.3 Å². The zero-order chi connectivity index (χ0) is 13.0. The molecular weight excluding hydrogens is 296 g/mol. The van der Waals surface area contributed by atoms with Crippen LogP contribution in [0.1, 0.15) is 18.4 Å². The fraction of sp³-hybridized carbons (Fsp3) is 0.333. The van der Waals surface area contributed by atoms with E-state index in [9.17, 15) is 4.79 Å². The summed E-state index contributed by atoms with van der Waals surface area (Å²) in [5, 5.41) is 6.92. The quantitative estimate of drug-likeness (QED) is 0.394. The lowest BCUT2D eigenvalue weighted by molar-refractivity contribution is 0.352. The van der Waals surface area contributed by atoms with Crippen LogP contribution < -0.4 is 5.32 Å². The summed E-state index contributed by atoms with van der Waals surface area (Å²) in [6, 6.07) is 7.60. The van der Waals surface area contributed by atoms with Crippen molar-refractivity contribution in [1.82, 2.24) is 5.32 Å². The molecular formula is C12H11BrN4O. The minimum atomic E-state index is -0.715. The first-order valence-corrected chi connectivity index (χ1v) is 6.30. The van der Waals surface area contributed by atoms with Gasteiger partial charge in [-0.1, -0.05) is 39.2 Å². The lowest BCUT2D eigenvalue weighted by Crippen LogP contribution is -2.37. The summed E-state index contributed by atoms with van der Waals surface area (Å²) < 4.78 is 0.879. The van der Waals surface area contributed by atoms with Gasteiger partial charge in [0.1, 0.15) is 5.94 Å². The molecule has 92 valence electrons. The lowest BCUT2D eigenvalue weighted by atomic mass is 9.81. The Bertz CT molecular complexity index is 561. The Morgan fingerprint density at radius 1 is 1.50 bits per heavy atom. The summed E-state index contributed by atoms with van der Waals surface area (Å²) in [7, 11) is 0. The lowest BCUT2D eigenvalue weighted by Gasteiger charge is -2.34. The number of piperidine rings is 1. The fourth-order valence-electron chi connectivity index (χ4n) is 2.23. The van der Waals surface area contributed by atoms with Crippen molar-refractivity contribution >= 4 is 21.9 Å². The number of rotatable bonds is 2. The molecule has 5 nitrogen and oxygen atoms in total. The van der Waals surface area contributed by atoms with E-state index in [1.54, 1.807) is 0 Å². The zero-order valence-corrected chi connectivity index (χ0v) is 11.1. The first kappa shape index (κ1) is 12.7. The van der Waals surface area contributed by atoms with E-state index in [2.05, 4.69) is 31.3 Å². The molecule has 0 aliphatic carbocycles. The standard InChI is InChI=1S/C12H11BrN4O/c13-11-4-2-1-3-10(11)12(16-17-14)5-6-15-9(7-12)8-18/h1-4,15H,5-7H2. The Morgan fingerprint density at radius 3 is 2.94 bits per heavy atom. The smallest absolute Gasteiger partial charge is 0.145 e. The molecule has 1 unspecified atom stereocenters. The molecule has 0 amide bonds. The number of nitrogens with one attached hydrogen (secondary N) is 1. The van der Waals surface area contributed by atoms with E-state index in [1.807, 2.05) is 30.2 Å². The predicted octanol–water partition coefficient (Wildman–Crippen LogP) is 3.05. The third kappa shape index (κ3) is 2.27. The Hall–Kier alpha value is -1.74. The zero-order valence-electron chi connectivity index (χ0n) is 9.56. The van der Waals surface area contributed by atoms with Gasteiger partial charge in [0.05, 0.1) is 11.2 Å². The van der Waals surface area contributed by atoms with Crippen molar-refractivity contribution in [3.8, 4) is 0 Å². The molecule has 18 heavy (non-hydrogen) atoms. The van der Waals surface area contributed by atoms with Gasteiger partial charge in [0.15, 0.2) is 0 Å². The van der Waals surface area contributed by atoms with Gasteiger partial charge in [-0.3, -0.25) is 0 Å². The number of nitrogens with zero attached hydrogens (tertiary/aromatic N) is 3. The molecule has 1 aliphatic rings. The SMILES string of the molecule is [N-]=[N+]=NC1(c2ccccc2Br)CCNC(=C=O)C1. The molecule has 2 rings (SSSR count). The van der Waals surface area contributed by atoms with Gasteiger partial charge < -0.3 is 5.32 Å². The molecule has 0 radical (unpaired) electrons. The van der Waals surface area contributed by atoms with E-state index < -0.39 is 5.54 Å². The molecule has 0 saturated carbocycles. The molecule has 0 aromatic heterocycles. The normalized spacial score (nSPS) is 22.6. The largest absolute Gasteiger partial charge is 0.379 e. The summed E-state index contributed by atoms with van der Waals surface area (Å²) >= 11 is 3.47. The molecule has 1 N–H and O–H groups in total. The molecule has 0 bridgehead atoms. The van der Waals surface area contributed by atoms with Crippen molar-refractivity contribution in [2.45, 2.75) is 18.4 Å². The third-order valence-corrected chi connectivity index (χ3v) is 3.77. The van der Waals surface area contributed by atoms with Gasteiger partial charge in [0.2, 0.25) is 0 Å². The molecule has 6 heteroatoms. The summed E-state index contributed by atoms with van der Waals surface area (Å²) in [5.74, 6) is 1.86. The molecule has 1 aliphatic heterocycles. The highest BCUT2D eigenvalue weighted by Gasteiger charge is 2.36. The van der Waals surface area contributed by atoms with Crippen molar-refractivity contribution in [2.75, 3.05) is 6.54 Å². The molecule has 1 aromatic rings. The van der Waals surface area contributed by atoms with Crippen LogP contribution in [0.2, 0.25) is 0 Å². The minimum Gasteiger partial charge on any atom is -0.379 e. The average molecular weight is 307 g/mol. The molecule has 1 saturated heterocycles. The van der Waals surface area contributed by atoms with Crippen LogP contribution in [0.15, 0.2) is 39.5 Å². The van der Waals surface area contributed by atoms with E-state index in [0.717, 1.165) is 10.0 Å². The fourth-order valence-corrected chi connectivity index (χ4v) is 2.88. The predicted molar refractivity (Wildman–Crippen MR) is 71.4 cm³/mol. The second-order valence-corrected chi connectivity index (χ2v) is 4.99. The van der Waals surface area contributed by atoms with Crippen LogP contribution in [0.25, 0.3) is 10.4 Å². The number of azide groups is 1. The maximum Gasteiger partial charge on any atom is 0.145 e. The number of hydrogen-bond donors (Lipinski definition) is 1. The molecule has 1 fully saturated rings. The molecule has 1 atom stereocenters. The first-order valence-electron chi connectivity index (χ1n) is 5.51. The van der Waals surface area contributed by atoms with E-state index in [0.29, 0.717) is 25.1 Å². The maximum absolute atomic E-state index is 10.8. The monoisotopic (exact) mass is 306 g/mol. The van der Waals surface area contributed by atoms with Gasteiger partial charge in [0.25, 0.3) is 0 Å². The van der Waals surface area contributed by atoms with E-state index in [4.69, 9.17) is 5.53 Å². The number of benzene rings is 1. The van der Waals surface area contributed by atoms with Crippen LogP contribution in [-0.4, -0.2) is 12.5 Å². The second kappa shape index (κ2) is 5.27. The summed E-state index contributed by atoms with van der Waals surface area (Å²) in [6.45, 7) is 0.588. The summed E-state index contributed by atoms with van der Waals surface area (Å²) in [6.07, 6.45) is 0.994. The van der Waals surface area contributed by atoms with Gasteiger partial charge in [0, 0.05) is 22.4 Å². The van der Waals surface area contributed by atoms with Gasteiger partial charge in [-0.2, -0.15) is 0 Å². The summed E-state index contributed by atoms with van der Waals surface area (Å²) in [4.78, 5) is 13.7. The van der Waals surface area contributed by atoms with Crippen LogP contribution in [0, 0.1) is 0 Å². The van der Waals surface area contributed by atoms with E-state index >= 15 is 0 Å². The van der Waals surface area contributed by atoms with E-state index in [1.165, 1.54) is 0 Å². The first-order chi connectivity index (χ1) is 8.72. The van der Waals surface area contributed by atoms with Gasteiger partial charge >= 0.3 is 0 Å². The van der Waals surface area contributed by atoms with E-state index in [-0.39, 0.29) is 0 Å². The van der Waals surface area contributed by atoms with Crippen LogP contribution >= 0.6 is 15.9 Å². The maximum atomic E-state index is 10.8. The van der Waals surface area contributed by atoms with Crippen molar-refractivity contribution in [3.05, 3.63) is 50.4 Å². The molecule has 1 heterocycles. The Morgan fingerprint density at radius 2 is 2.28 bits per heavy atom. The van der Waals surface area contributed by atoms with Gasteiger partial charge in [-0.15, -0.1) is 0 Å². The number of hydrogen-bond acceptors (Lipinski definition) is 3. The minimum absolute atomic E-state index is 0.350. The number of halogens is 1. The highest BCUT2D eigenvalue weighted by Crippen LogP contribution is 2.40. The average Bonchev–Trinajstić information content (AvgIpc) is 2.39. The van der Waals surface area contributed by atoms with Crippen LogP contribution in [0.3, 0.4) is 0 Å². The highest BCUT2D eigenvalue weighted by atomic mass is 79.9. The Balaban J connectivity index is 2.54. The topological polar surface area (TPSA) is 77.9 Å². The van der Waals surface area contributed by atoms with Crippen molar-refractivity contribution in [1.29, 1.82) is 0 Å². The van der Waals surface area contributed by atoms with Crippen molar-refractivity contribution in [2.24, 2.45) is 5.11 Å². The van der Waals surface area contributed by atoms with Crippen LogP contribution in [0.4, 0.5) is 0 Å². The Labute approximate surface area is 113 Å². The highest BCUT2D eigenvalue weighted by molar-refractivity contribution is 9.10. The summed E-state index contributed by atoms with van der Waals surface area (Å²) in [5.41, 5.74) is 9.44. The molecule has 0 spiro atoms. The van der Waals surface area contributed by atoms with Gasteiger partial charge in [-0.25, -0.2) is 4.79 Å². The molecule has 1 aromatic carbocycles. The van der Waals surface area contributed by atoms with Gasteiger partial charge in [-0.05, 0) is 23.6 Å². The third-order valence-electron chi connectivity index (χ3n) is 3.08. The Kier molecular flexibility index (Phi) is 3.72. The van der Waals surface area contributed by atoms with Crippen molar-refractivity contribution < 1.29 is 4.79 Å².